The minimum absolute atomic E-state index is 0.351. The van der Waals surface area contributed by atoms with Crippen molar-refractivity contribution in [1.82, 2.24) is 5.32 Å². The quantitative estimate of drug-likeness (QED) is 0.820. The van der Waals surface area contributed by atoms with E-state index in [9.17, 15) is 0 Å². The molecule has 2 aliphatic rings. The molecule has 0 spiro atoms. The topological polar surface area (TPSA) is 30.5 Å². The number of ether oxygens (including phenoxy) is 2. The highest BCUT2D eigenvalue weighted by Crippen LogP contribution is 2.37. The van der Waals surface area contributed by atoms with Gasteiger partial charge in [0.1, 0.15) is 5.75 Å². The maximum Gasteiger partial charge on any atom is 0.125 e. The van der Waals surface area contributed by atoms with Gasteiger partial charge in [0.2, 0.25) is 0 Å². The van der Waals surface area contributed by atoms with E-state index in [1.807, 2.05) is 13.0 Å². The predicted molar refractivity (Wildman–Crippen MR) is 61.8 cm³/mol. The zero-order chi connectivity index (χ0) is 11.0. The summed E-state index contributed by atoms with van der Waals surface area (Å²) in [5.74, 6) is 1.49. The van der Waals surface area contributed by atoms with Crippen LogP contribution in [0.15, 0.2) is 18.2 Å². The molecule has 1 aromatic rings. The Bertz CT molecular complexity index is 392. The minimum Gasteiger partial charge on any atom is -0.493 e. The lowest BCUT2D eigenvalue weighted by molar-refractivity contribution is 0.0283. The molecule has 0 amide bonds. The molecule has 2 aliphatic heterocycles. The van der Waals surface area contributed by atoms with Gasteiger partial charge in [0.15, 0.2) is 0 Å². The Balaban J connectivity index is 2.00. The van der Waals surface area contributed by atoms with Crippen LogP contribution in [0, 0.1) is 0 Å². The summed E-state index contributed by atoms with van der Waals surface area (Å²) in [4.78, 5) is 0. The van der Waals surface area contributed by atoms with Gasteiger partial charge in [0.25, 0.3) is 0 Å². The molecule has 0 saturated carbocycles. The van der Waals surface area contributed by atoms with Crippen LogP contribution in [0.1, 0.15) is 24.0 Å². The molecule has 0 aliphatic carbocycles. The summed E-state index contributed by atoms with van der Waals surface area (Å²) in [6.45, 7) is 5.41. The first-order valence-corrected chi connectivity index (χ1v) is 5.97. The molecule has 3 heteroatoms. The van der Waals surface area contributed by atoms with Crippen LogP contribution in [0.3, 0.4) is 0 Å². The van der Waals surface area contributed by atoms with Gasteiger partial charge in [-0.05, 0) is 18.6 Å². The third-order valence-electron chi connectivity index (χ3n) is 3.47. The van der Waals surface area contributed by atoms with Crippen molar-refractivity contribution in [3.8, 4) is 5.75 Å². The van der Waals surface area contributed by atoms with Crippen LogP contribution in [0.2, 0.25) is 0 Å². The zero-order valence-corrected chi connectivity index (χ0v) is 9.53. The lowest BCUT2D eigenvalue weighted by Gasteiger charge is -2.29. The Morgan fingerprint density at radius 1 is 1.44 bits per heavy atom. The number of hydrogen-bond acceptors (Lipinski definition) is 3. The minimum atomic E-state index is 0.351. The van der Waals surface area contributed by atoms with E-state index in [4.69, 9.17) is 9.47 Å². The SMILES string of the molecule is CCOc1cccc2c1CO[C@H]1CNC[C@@H]21. The van der Waals surface area contributed by atoms with Crippen LogP contribution in [0.5, 0.6) is 5.75 Å². The van der Waals surface area contributed by atoms with E-state index in [1.54, 1.807) is 0 Å². The third kappa shape index (κ3) is 1.51. The number of rotatable bonds is 2. The van der Waals surface area contributed by atoms with E-state index in [0.29, 0.717) is 25.2 Å². The fourth-order valence-electron chi connectivity index (χ4n) is 2.71. The number of fused-ring (bicyclic) bond motifs is 3. The van der Waals surface area contributed by atoms with Crippen molar-refractivity contribution in [3.63, 3.8) is 0 Å². The molecule has 0 bridgehead atoms. The molecular weight excluding hydrogens is 202 g/mol. The van der Waals surface area contributed by atoms with Crippen molar-refractivity contribution in [1.29, 1.82) is 0 Å². The normalized spacial score (nSPS) is 27.3. The standard InChI is InChI=1S/C13H17NO2/c1-2-15-12-5-3-4-9-10-6-14-7-13(10)16-8-11(9)12/h3-5,10,13-14H,2,6-8H2,1H3/t10-,13-/m0/s1. The van der Waals surface area contributed by atoms with Gasteiger partial charge < -0.3 is 14.8 Å². The molecule has 0 radical (unpaired) electrons. The maximum absolute atomic E-state index is 5.87. The Morgan fingerprint density at radius 2 is 2.38 bits per heavy atom. The fourth-order valence-corrected chi connectivity index (χ4v) is 2.71. The van der Waals surface area contributed by atoms with Gasteiger partial charge in [-0.15, -0.1) is 0 Å². The van der Waals surface area contributed by atoms with Gasteiger partial charge in [-0.25, -0.2) is 0 Å². The van der Waals surface area contributed by atoms with Gasteiger partial charge in [-0.2, -0.15) is 0 Å². The van der Waals surface area contributed by atoms with E-state index in [0.717, 1.165) is 18.8 Å². The van der Waals surface area contributed by atoms with Crippen molar-refractivity contribution in [2.45, 2.75) is 25.6 Å². The van der Waals surface area contributed by atoms with Crippen molar-refractivity contribution in [2.24, 2.45) is 0 Å². The molecule has 0 unspecified atom stereocenters. The Kier molecular flexibility index (Phi) is 2.58. The number of benzene rings is 1. The second kappa shape index (κ2) is 4.07. The highest BCUT2D eigenvalue weighted by atomic mass is 16.5. The van der Waals surface area contributed by atoms with Crippen LogP contribution in [-0.4, -0.2) is 25.8 Å². The van der Waals surface area contributed by atoms with Gasteiger partial charge in [0, 0.05) is 24.6 Å². The van der Waals surface area contributed by atoms with E-state index in [-0.39, 0.29) is 0 Å². The lowest BCUT2D eigenvalue weighted by atomic mass is 9.89. The van der Waals surface area contributed by atoms with Crippen molar-refractivity contribution >= 4 is 0 Å². The summed E-state index contributed by atoms with van der Waals surface area (Å²) in [6, 6.07) is 6.34. The predicted octanol–water partition coefficient (Wildman–Crippen LogP) is 1.67. The average Bonchev–Trinajstić information content (AvgIpc) is 2.78. The van der Waals surface area contributed by atoms with Crippen LogP contribution >= 0.6 is 0 Å². The molecule has 1 saturated heterocycles. The number of hydrogen-bond donors (Lipinski definition) is 1. The molecular formula is C13H17NO2. The van der Waals surface area contributed by atoms with Gasteiger partial charge in [-0.1, -0.05) is 12.1 Å². The maximum atomic E-state index is 5.87. The van der Waals surface area contributed by atoms with Crippen LogP contribution < -0.4 is 10.1 Å². The first-order valence-electron chi connectivity index (χ1n) is 5.97. The van der Waals surface area contributed by atoms with Crippen LogP contribution in [-0.2, 0) is 11.3 Å². The monoisotopic (exact) mass is 219 g/mol. The molecule has 2 atom stereocenters. The molecule has 86 valence electrons. The van der Waals surface area contributed by atoms with Crippen LogP contribution in [0.4, 0.5) is 0 Å². The van der Waals surface area contributed by atoms with Crippen LogP contribution in [0.25, 0.3) is 0 Å². The van der Waals surface area contributed by atoms with E-state index >= 15 is 0 Å². The average molecular weight is 219 g/mol. The van der Waals surface area contributed by atoms with Gasteiger partial charge in [0.05, 0.1) is 19.3 Å². The summed E-state index contributed by atoms with van der Waals surface area (Å²) in [5.41, 5.74) is 2.65. The Morgan fingerprint density at radius 3 is 3.25 bits per heavy atom. The molecule has 1 N–H and O–H groups in total. The van der Waals surface area contributed by atoms with E-state index in [1.165, 1.54) is 11.1 Å². The molecule has 16 heavy (non-hydrogen) atoms. The largest absolute Gasteiger partial charge is 0.493 e. The lowest BCUT2D eigenvalue weighted by Crippen LogP contribution is -2.27. The fraction of sp³-hybridized carbons (Fsp3) is 0.538. The third-order valence-corrected chi connectivity index (χ3v) is 3.47. The molecule has 1 fully saturated rings. The highest BCUT2D eigenvalue weighted by molar-refractivity contribution is 5.44. The summed E-state index contributed by atoms with van der Waals surface area (Å²) >= 11 is 0. The van der Waals surface area contributed by atoms with Crippen molar-refractivity contribution < 1.29 is 9.47 Å². The van der Waals surface area contributed by atoms with Crippen molar-refractivity contribution in [3.05, 3.63) is 29.3 Å². The molecule has 0 aromatic heterocycles. The molecule has 3 nitrogen and oxygen atoms in total. The summed E-state index contributed by atoms with van der Waals surface area (Å²) in [6.07, 6.45) is 0.351. The van der Waals surface area contributed by atoms with Gasteiger partial charge in [-0.3, -0.25) is 0 Å². The molecule has 1 aromatic carbocycles. The molecule has 2 heterocycles. The summed E-state index contributed by atoms with van der Waals surface area (Å²) in [7, 11) is 0. The summed E-state index contributed by atoms with van der Waals surface area (Å²) in [5, 5.41) is 3.39. The Hall–Kier alpha value is -1.06. The van der Waals surface area contributed by atoms with Gasteiger partial charge >= 0.3 is 0 Å². The Labute approximate surface area is 95.8 Å². The van der Waals surface area contributed by atoms with Crippen molar-refractivity contribution in [2.75, 3.05) is 19.7 Å². The molecule has 3 rings (SSSR count). The smallest absolute Gasteiger partial charge is 0.125 e. The number of nitrogens with one attached hydrogen (secondary N) is 1. The zero-order valence-electron chi connectivity index (χ0n) is 9.53. The highest BCUT2D eigenvalue weighted by Gasteiger charge is 2.35. The second-order valence-electron chi connectivity index (χ2n) is 4.37. The first kappa shape index (κ1) is 10.1. The second-order valence-corrected chi connectivity index (χ2v) is 4.37. The van der Waals surface area contributed by atoms with E-state index < -0.39 is 0 Å². The first-order chi connectivity index (χ1) is 7.90. The van der Waals surface area contributed by atoms with E-state index in [2.05, 4.69) is 17.4 Å². The summed E-state index contributed by atoms with van der Waals surface area (Å²) < 4.78 is 11.5.